The smallest absolute Gasteiger partial charge is 0.00178 e. The molecule has 0 radical (unpaired) electrons. The van der Waals surface area contributed by atoms with E-state index in [-0.39, 0.29) is 0 Å². The molecule has 2 rings (SSSR count). The van der Waals surface area contributed by atoms with E-state index in [9.17, 15) is 0 Å². The Hall–Kier alpha value is -0.0400. The van der Waals surface area contributed by atoms with Crippen LogP contribution in [-0.2, 0) is 0 Å². The highest BCUT2D eigenvalue weighted by Crippen LogP contribution is 2.60. The maximum atomic E-state index is 5.68. The Labute approximate surface area is 56.6 Å². The summed E-state index contributed by atoms with van der Waals surface area (Å²) < 4.78 is 0. The van der Waals surface area contributed by atoms with Crippen LogP contribution in [0, 0.1) is 11.3 Å². The third kappa shape index (κ3) is 0.710. The second kappa shape index (κ2) is 1.72. The third-order valence-corrected chi connectivity index (χ3v) is 3.24. The standard InChI is InChI=1S/C8H15N/c9-6-8-4-2-1-3-7(8)5-8/h7H,1-6,9H2/t7-,8+/m0/s1. The second-order valence-electron chi connectivity index (χ2n) is 3.71. The van der Waals surface area contributed by atoms with Crippen LogP contribution in [0.1, 0.15) is 32.1 Å². The summed E-state index contributed by atoms with van der Waals surface area (Å²) >= 11 is 0. The first-order chi connectivity index (χ1) is 4.37. The molecule has 2 atom stereocenters. The Balaban J connectivity index is 2.01. The molecular formula is C8H15N. The first-order valence-corrected chi connectivity index (χ1v) is 4.07. The summed E-state index contributed by atoms with van der Waals surface area (Å²) in [5, 5.41) is 0. The van der Waals surface area contributed by atoms with Crippen molar-refractivity contribution in [3.8, 4) is 0 Å². The molecule has 0 amide bonds. The predicted molar refractivity (Wildman–Crippen MR) is 38.1 cm³/mol. The average Bonchev–Trinajstić information content (AvgIpc) is 2.62. The van der Waals surface area contributed by atoms with E-state index in [0.29, 0.717) is 5.41 Å². The van der Waals surface area contributed by atoms with Crippen molar-refractivity contribution in [3.63, 3.8) is 0 Å². The van der Waals surface area contributed by atoms with Crippen LogP contribution in [0.3, 0.4) is 0 Å². The molecule has 0 aromatic carbocycles. The zero-order valence-corrected chi connectivity index (χ0v) is 5.90. The van der Waals surface area contributed by atoms with Crippen molar-refractivity contribution in [2.24, 2.45) is 17.1 Å². The minimum absolute atomic E-state index is 0.665. The first kappa shape index (κ1) is 5.72. The van der Waals surface area contributed by atoms with Gasteiger partial charge in [-0.1, -0.05) is 12.8 Å². The third-order valence-electron chi connectivity index (χ3n) is 3.24. The summed E-state index contributed by atoms with van der Waals surface area (Å²) in [7, 11) is 0. The van der Waals surface area contributed by atoms with E-state index in [1.165, 1.54) is 32.1 Å². The van der Waals surface area contributed by atoms with Gasteiger partial charge in [0.15, 0.2) is 0 Å². The van der Waals surface area contributed by atoms with Crippen molar-refractivity contribution >= 4 is 0 Å². The van der Waals surface area contributed by atoms with Crippen molar-refractivity contribution < 1.29 is 0 Å². The monoisotopic (exact) mass is 125 g/mol. The molecule has 52 valence electrons. The van der Waals surface area contributed by atoms with E-state index in [0.717, 1.165) is 12.5 Å². The van der Waals surface area contributed by atoms with Gasteiger partial charge in [-0.2, -0.15) is 0 Å². The van der Waals surface area contributed by atoms with Gasteiger partial charge in [0.25, 0.3) is 0 Å². The molecule has 2 N–H and O–H groups in total. The van der Waals surface area contributed by atoms with Crippen molar-refractivity contribution in [2.45, 2.75) is 32.1 Å². The fourth-order valence-electron chi connectivity index (χ4n) is 2.37. The molecule has 9 heavy (non-hydrogen) atoms. The normalized spacial score (nSPS) is 48.3. The Morgan fingerprint density at radius 3 is 2.89 bits per heavy atom. The van der Waals surface area contributed by atoms with Gasteiger partial charge in [-0.05, 0) is 37.1 Å². The van der Waals surface area contributed by atoms with E-state index in [4.69, 9.17) is 5.73 Å². The number of hydrogen-bond acceptors (Lipinski definition) is 1. The second-order valence-corrected chi connectivity index (χ2v) is 3.71. The minimum atomic E-state index is 0.665. The summed E-state index contributed by atoms with van der Waals surface area (Å²) in [6, 6.07) is 0. The molecule has 1 heteroatoms. The largest absolute Gasteiger partial charge is 0.330 e. The maximum absolute atomic E-state index is 5.68. The van der Waals surface area contributed by atoms with Crippen LogP contribution in [0.2, 0.25) is 0 Å². The highest BCUT2D eigenvalue weighted by Gasteiger charge is 2.53. The average molecular weight is 125 g/mol. The summed E-state index contributed by atoms with van der Waals surface area (Å²) in [5.74, 6) is 1.04. The van der Waals surface area contributed by atoms with Gasteiger partial charge >= 0.3 is 0 Å². The van der Waals surface area contributed by atoms with Gasteiger partial charge in [0.2, 0.25) is 0 Å². The molecule has 2 fully saturated rings. The Bertz CT molecular complexity index is 122. The van der Waals surface area contributed by atoms with Gasteiger partial charge in [-0.25, -0.2) is 0 Å². The number of nitrogens with two attached hydrogens (primary N) is 1. The zero-order chi connectivity index (χ0) is 6.32. The van der Waals surface area contributed by atoms with Crippen molar-refractivity contribution in [2.75, 3.05) is 6.54 Å². The molecule has 2 aliphatic carbocycles. The Morgan fingerprint density at radius 1 is 1.44 bits per heavy atom. The van der Waals surface area contributed by atoms with E-state index < -0.39 is 0 Å². The lowest BCUT2D eigenvalue weighted by molar-refractivity contribution is 0.346. The van der Waals surface area contributed by atoms with Crippen LogP contribution in [0.15, 0.2) is 0 Å². The fraction of sp³-hybridized carbons (Fsp3) is 1.00. The van der Waals surface area contributed by atoms with Crippen molar-refractivity contribution in [1.29, 1.82) is 0 Å². The summed E-state index contributed by atoms with van der Waals surface area (Å²) in [6.45, 7) is 0.956. The molecule has 0 aliphatic heterocycles. The van der Waals surface area contributed by atoms with E-state index in [2.05, 4.69) is 0 Å². The predicted octanol–water partition coefficient (Wildman–Crippen LogP) is 1.53. The molecule has 0 aromatic heterocycles. The van der Waals surface area contributed by atoms with Crippen molar-refractivity contribution in [3.05, 3.63) is 0 Å². The molecule has 0 saturated heterocycles. The van der Waals surface area contributed by atoms with Gasteiger partial charge in [0, 0.05) is 0 Å². The van der Waals surface area contributed by atoms with Crippen LogP contribution in [0.4, 0.5) is 0 Å². The van der Waals surface area contributed by atoms with E-state index >= 15 is 0 Å². The van der Waals surface area contributed by atoms with Crippen molar-refractivity contribution in [1.82, 2.24) is 0 Å². The summed E-state index contributed by atoms with van der Waals surface area (Å²) in [6.07, 6.45) is 7.25. The van der Waals surface area contributed by atoms with Gasteiger partial charge in [-0.3, -0.25) is 0 Å². The van der Waals surface area contributed by atoms with Crippen LogP contribution in [-0.4, -0.2) is 6.54 Å². The van der Waals surface area contributed by atoms with E-state index in [1.807, 2.05) is 0 Å². The van der Waals surface area contributed by atoms with Gasteiger partial charge in [0.1, 0.15) is 0 Å². The van der Waals surface area contributed by atoms with E-state index in [1.54, 1.807) is 0 Å². The fourth-order valence-corrected chi connectivity index (χ4v) is 2.37. The Morgan fingerprint density at radius 2 is 2.33 bits per heavy atom. The first-order valence-electron chi connectivity index (χ1n) is 4.07. The van der Waals surface area contributed by atoms with Crippen LogP contribution in [0.5, 0.6) is 0 Å². The minimum Gasteiger partial charge on any atom is -0.330 e. The SMILES string of the molecule is NC[C@]12CCCC[C@H]1C2. The molecule has 2 aliphatic rings. The quantitative estimate of drug-likeness (QED) is 0.565. The lowest BCUT2D eigenvalue weighted by Crippen LogP contribution is -2.20. The van der Waals surface area contributed by atoms with Gasteiger partial charge in [0.05, 0.1) is 0 Å². The molecule has 0 heterocycles. The molecule has 0 unspecified atom stereocenters. The lowest BCUT2D eigenvalue weighted by atomic mass is 9.89. The molecular weight excluding hydrogens is 110 g/mol. The lowest BCUT2D eigenvalue weighted by Gasteiger charge is -2.19. The summed E-state index contributed by atoms with van der Waals surface area (Å²) in [4.78, 5) is 0. The maximum Gasteiger partial charge on any atom is -0.00178 e. The van der Waals surface area contributed by atoms with Crippen LogP contribution in [0.25, 0.3) is 0 Å². The molecule has 0 aromatic rings. The summed E-state index contributed by atoms with van der Waals surface area (Å²) in [5.41, 5.74) is 6.34. The number of hydrogen-bond donors (Lipinski definition) is 1. The highest BCUT2D eigenvalue weighted by molar-refractivity contribution is 5.04. The topological polar surface area (TPSA) is 26.0 Å². The van der Waals surface area contributed by atoms with Gasteiger partial charge < -0.3 is 5.73 Å². The highest BCUT2D eigenvalue weighted by atomic mass is 14.7. The zero-order valence-electron chi connectivity index (χ0n) is 5.90. The Kier molecular flexibility index (Phi) is 1.10. The number of fused-ring (bicyclic) bond motifs is 1. The molecule has 2 saturated carbocycles. The molecule has 0 bridgehead atoms. The molecule has 0 spiro atoms. The van der Waals surface area contributed by atoms with Crippen LogP contribution < -0.4 is 5.73 Å². The molecule has 1 nitrogen and oxygen atoms in total. The van der Waals surface area contributed by atoms with Crippen LogP contribution >= 0.6 is 0 Å². The van der Waals surface area contributed by atoms with Gasteiger partial charge in [-0.15, -0.1) is 0 Å². The number of rotatable bonds is 1.